The van der Waals surface area contributed by atoms with Gasteiger partial charge in [-0.2, -0.15) is 0 Å². The zero-order valence-electron chi connectivity index (χ0n) is 17.4. The van der Waals surface area contributed by atoms with Crippen molar-refractivity contribution in [2.24, 2.45) is 11.7 Å². The molecule has 1 unspecified atom stereocenters. The van der Waals surface area contributed by atoms with Crippen LogP contribution in [0.15, 0.2) is 12.2 Å². The summed E-state index contributed by atoms with van der Waals surface area (Å²) in [6, 6.07) is 0. The number of allylic oxidation sites excluding steroid dienone is 2. The summed E-state index contributed by atoms with van der Waals surface area (Å²) < 4.78 is 0. The minimum atomic E-state index is -0.559. The van der Waals surface area contributed by atoms with Crippen LogP contribution in [0, 0.1) is 5.92 Å². The number of amides is 1. The van der Waals surface area contributed by atoms with E-state index in [0.717, 1.165) is 19.3 Å². The Bertz CT molecular complexity index is 376. The Morgan fingerprint density at radius 1 is 0.731 bits per heavy atom. The van der Waals surface area contributed by atoms with E-state index in [0.29, 0.717) is 12.8 Å². The predicted molar refractivity (Wildman–Crippen MR) is 112 cm³/mol. The van der Waals surface area contributed by atoms with Gasteiger partial charge < -0.3 is 5.73 Å². The highest BCUT2D eigenvalue weighted by Crippen LogP contribution is 2.14. The molecule has 0 spiro atoms. The number of primary amides is 1. The number of unbranched alkanes of at least 4 members (excludes halogenated alkanes) is 11. The van der Waals surface area contributed by atoms with Crippen molar-refractivity contribution in [1.82, 2.24) is 0 Å². The van der Waals surface area contributed by atoms with E-state index in [-0.39, 0.29) is 5.78 Å². The predicted octanol–water partition coefficient (Wildman–Crippen LogP) is 6.49. The number of carbonyl (C=O) groups is 2. The van der Waals surface area contributed by atoms with Gasteiger partial charge in [0.15, 0.2) is 0 Å². The van der Waals surface area contributed by atoms with Crippen LogP contribution in [0.5, 0.6) is 0 Å². The second-order valence-electron chi connectivity index (χ2n) is 7.54. The van der Waals surface area contributed by atoms with Crippen LogP contribution in [0.4, 0.5) is 0 Å². The Kier molecular flexibility index (Phi) is 17.9. The molecular formula is C23H43NO2. The van der Waals surface area contributed by atoms with Crippen LogP contribution in [0.3, 0.4) is 0 Å². The van der Waals surface area contributed by atoms with Crippen LogP contribution >= 0.6 is 0 Å². The van der Waals surface area contributed by atoms with Gasteiger partial charge in [-0.25, -0.2) is 0 Å². The zero-order valence-corrected chi connectivity index (χ0v) is 17.4. The lowest BCUT2D eigenvalue weighted by Crippen LogP contribution is -2.30. The van der Waals surface area contributed by atoms with Crippen LogP contribution in [0.1, 0.15) is 117 Å². The molecule has 26 heavy (non-hydrogen) atoms. The molecule has 1 amide bonds. The Morgan fingerprint density at radius 2 is 1.23 bits per heavy atom. The second kappa shape index (κ2) is 18.7. The van der Waals surface area contributed by atoms with Crippen LogP contribution in [-0.4, -0.2) is 11.7 Å². The van der Waals surface area contributed by atoms with E-state index in [1.54, 1.807) is 0 Å². The third-order valence-corrected chi connectivity index (χ3v) is 4.99. The molecule has 0 aliphatic rings. The van der Waals surface area contributed by atoms with E-state index in [1.165, 1.54) is 70.6 Å². The number of carbonyl (C=O) groups excluding carboxylic acids is 2. The summed E-state index contributed by atoms with van der Waals surface area (Å²) in [5.41, 5.74) is 5.31. The van der Waals surface area contributed by atoms with Gasteiger partial charge in [0.25, 0.3) is 0 Å². The number of Topliss-reactive ketones (excluding diaryl/α,β-unsaturated/α-hetero) is 1. The molecule has 1 atom stereocenters. The lowest BCUT2D eigenvalue weighted by molar-refractivity contribution is -0.132. The molecule has 0 radical (unpaired) electrons. The first kappa shape index (κ1) is 24.9. The van der Waals surface area contributed by atoms with Crippen LogP contribution in [-0.2, 0) is 9.59 Å². The molecule has 0 aromatic carbocycles. The van der Waals surface area contributed by atoms with Crippen molar-refractivity contribution in [2.75, 3.05) is 0 Å². The average molecular weight is 366 g/mol. The molecule has 0 aliphatic heterocycles. The number of rotatable bonds is 19. The minimum absolute atomic E-state index is 0.0389. The molecule has 0 aliphatic carbocycles. The fourth-order valence-corrected chi connectivity index (χ4v) is 3.29. The quantitative estimate of drug-likeness (QED) is 0.161. The van der Waals surface area contributed by atoms with E-state index in [9.17, 15) is 9.59 Å². The number of ketones is 1. The maximum absolute atomic E-state index is 12.0. The first-order valence-corrected chi connectivity index (χ1v) is 11.1. The van der Waals surface area contributed by atoms with Crippen molar-refractivity contribution in [3.8, 4) is 0 Å². The van der Waals surface area contributed by atoms with Crippen molar-refractivity contribution in [3.05, 3.63) is 12.2 Å². The highest BCUT2D eigenvalue weighted by atomic mass is 16.2. The fraction of sp³-hybridized carbons (Fsp3) is 0.826. The molecule has 152 valence electrons. The minimum Gasteiger partial charge on any atom is -0.369 e. The highest BCUT2D eigenvalue weighted by Gasteiger charge is 2.22. The SMILES string of the molecule is CCCCCCCC/C=C\CCCCCCCC(=O)C(CCC)C(N)=O. The lowest BCUT2D eigenvalue weighted by Gasteiger charge is -2.10. The van der Waals surface area contributed by atoms with E-state index in [1.807, 2.05) is 6.92 Å². The number of hydrogen-bond donors (Lipinski definition) is 1. The molecule has 0 fully saturated rings. The fourth-order valence-electron chi connectivity index (χ4n) is 3.29. The molecule has 0 aromatic rings. The molecular weight excluding hydrogens is 322 g/mol. The van der Waals surface area contributed by atoms with Gasteiger partial charge >= 0.3 is 0 Å². The highest BCUT2D eigenvalue weighted by molar-refractivity contribution is 6.00. The molecule has 0 heterocycles. The van der Waals surface area contributed by atoms with Gasteiger partial charge in [-0.1, -0.05) is 83.8 Å². The van der Waals surface area contributed by atoms with Crippen molar-refractivity contribution in [2.45, 2.75) is 117 Å². The smallest absolute Gasteiger partial charge is 0.227 e. The van der Waals surface area contributed by atoms with Gasteiger partial charge in [0.05, 0.1) is 5.92 Å². The van der Waals surface area contributed by atoms with E-state index >= 15 is 0 Å². The van der Waals surface area contributed by atoms with Crippen molar-refractivity contribution < 1.29 is 9.59 Å². The normalized spacial score (nSPS) is 12.5. The van der Waals surface area contributed by atoms with Crippen molar-refractivity contribution in [1.29, 1.82) is 0 Å². The van der Waals surface area contributed by atoms with Crippen LogP contribution in [0.2, 0.25) is 0 Å². The first-order chi connectivity index (χ1) is 12.6. The van der Waals surface area contributed by atoms with Crippen LogP contribution in [0.25, 0.3) is 0 Å². The van der Waals surface area contributed by atoms with E-state index in [2.05, 4.69) is 19.1 Å². The van der Waals surface area contributed by atoms with Gasteiger partial charge in [-0.3, -0.25) is 9.59 Å². The summed E-state index contributed by atoms with van der Waals surface area (Å²) in [6.45, 7) is 4.24. The molecule has 2 N–H and O–H groups in total. The Balaban J connectivity index is 3.44. The monoisotopic (exact) mass is 365 g/mol. The van der Waals surface area contributed by atoms with Gasteiger partial charge in [0, 0.05) is 6.42 Å². The van der Waals surface area contributed by atoms with E-state index in [4.69, 9.17) is 5.73 Å². The Labute approximate surface area is 162 Å². The van der Waals surface area contributed by atoms with Gasteiger partial charge in [0.2, 0.25) is 5.91 Å². The van der Waals surface area contributed by atoms with E-state index < -0.39 is 11.8 Å². The Morgan fingerprint density at radius 3 is 1.73 bits per heavy atom. The van der Waals surface area contributed by atoms with Crippen molar-refractivity contribution >= 4 is 11.7 Å². The Hall–Kier alpha value is -1.12. The standard InChI is InChI=1S/C23H43NO2/c1-3-5-6-7-8-9-10-11-12-13-14-15-16-17-18-20-22(25)21(19-4-2)23(24)26/h11-12,21H,3-10,13-20H2,1-2H3,(H2,24,26)/b12-11-. The third-order valence-electron chi connectivity index (χ3n) is 4.99. The summed E-state index contributed by atoms with van der Waals surface area (Å²) in [5.74, 6) is -0.974. The lowest BCUT2D eigenvalue weighted by atomic mass is 9.94. The molecule has 0 bridgehead atoms. The second-order valence-corrected chi connectivity index (χ2v) is 7.54. The molecule has 0 saturated carbocycles. The molecule has 3 nitrogen and oxygen atoms in total. The summed E-state index contributed by atoms with van der Waals surface area (Å²) in [4.78, 5) is 23.3. The summed E-state index contributed by atoms with van der Waals surface area (Å²) in [6.07, 6.45) is 22.8. The maximum Gasteiger partial charge on any atom is 0.227 e. The van der Waals surface area contributed by atoms with Crippen molar-refractivity contribution in [3.63, 3.8) is 0 Å². The number of nitrogens with two attached hydrogens (primary N) is 1. The zero-order chi connectivity index (χ0) is 19.5. The largest absolute Gasteiger partial charge is 0.369 e. The molecule has 0 rings (SSSR count). The average Bonchev–Trinajstić information content (AvgIpc) is 2.62. The van der Waals surface area contributed by atoms with Gasteiger partial charge in [-0.05, 0) is 38.5 Å². The molecule has 0 aromatic heterocycles. The summed E-state index contributed by atoms with van der Waals surface area (Å²) in [7, 11) is 0. The summed E-state index contributed by atoms with van der Waals surface area (Å²) >= 11 is 0. The topological polar surface area (TPSA) is 60.2 Å². The van der Waals surface area contributed by atoms with Gasteiger partial charge in [-0.15, -0.1) is 0 Å². The summed E-state index contributed by atoms with van der Waals surface area (Å²) in [5, 5.41) is 0. The first-order valence-electron chi connectivity index (χ1n) is 11.1. The number of hydrogen-bond acceptors (Lipinski definition) is 2. The maximum atomic E-state index is 12.0. The molecule has 3 heteroatoms. The third kappa shape index (κ3) is 15.2. The molecule has 0 saturated heterocycles. The van der Waals surface area contributed by atoms with Crippen LogP contribution < -0.4 is 5.73 Å². The van der Waals surface area contributed by atoms with Gasteiger partial charge in [0.1, 0.15) is 5.78 Å².